The molecular formula is C16H23BrN2O2. The summed E-state index contributed by atoms with van der Waals surface area (Å²) in [4.78, 5) is 16.3. The molecule has 0 saturated carbocycles. The quantitative estimate of drug-likeness (QED) is 0.832. The maximum atomic E-state index is 12.4. The van der Waals surface area contributed by atoms with Crippen LogP contribution in [-0.4, -0.2) is 54.6 Å². The lowest BCUT2D eigenvalue weighted by molar-refractivity contribution is -0.144. The van der Waals surface area contributed by atoms with Gasteiger partial charge in [-0.3, -0.25) is 9.69 Å². The topological polar surface area (TPSA) is 32.8 Å². The summed E-state index contributed by atoms with van der Waals surface area (Å²) in [6.07, 6.45) is 0.240. The zero-order valence-corrected chi connectivity index (χ0v) is 14.5. The van der Waals surface area contributed by atoms with Gasteiger partial charge in [0.1, 0.15) is 0 Å². The van der Waals surface area contributed by atoms with Crippen LogP contribution in [0.3, 0.4) is 0 Å². The average molecular weight is 355 g/mol. The van der Waals surface area contributed by atoms with Crippen molar-refractivity contribution in [2.24, 2.45) is 0 Å². The molecular weight excluding hydrogens is 332 g/mol. The van der Waals surface area contributed by atoms with Crippen molar-refractivity contribution >= 4 is 21.8 Å². The highest BCUT2D eigenvalue weighted by Gasteiger charge is 2.26. The maximum Gasteiger partial charge on any atom is 0.236 e. The van der Waals surface area contributed by atoms with E-state index in [-0.39, 0.29) is 18.1 Å². The summed E-state index contributed by atoms with van der Waals surface area (Å²) in [5.41, 5.74) is 1.21. The van der Waals surface area contributed by atoms with Crippen LogP contribution in [0.25, 0.3) is 0 Å². The molecule has 1 saturated heterocycles. The lowest BCUT2D eigenvalue weighted by atomic mass is 10.2. The Morgan fingerprint density at radius 3 is 2.43 bits per heavy atom. The molecule has 0 bridgehead atoms. The van der Waals surface area contributed by atoms with Gasteiger partial charge in [-0.25, -0.2) is 0 Å². The van der Waals surface area contributed by atoms with Crippen LogP contribution in [0.15, 0.2) is 28.7 Å². The van der Waals surface area contributed by atoms with Gasteiger partial charge < -0.3 is 9.64 Å². The Balaban J connectivity index is 1.85. The molecule has 2 atom stereocenters. The van der Waals surface area contributed by atoms with Crippen LogP contribution in [-0.2, 0) is 16.1 Å². The maximum absolute atomic E-state index is 12.4. The van der Waals surface area contributed by atoms with Gasteiger partial charge >= 0.3 is 0 Å². The molecule has 0 radical (unpaired) electrons. The highest BCUT2D eigenvalue weighted by atomic mass is 79.9. The van der Waals surface area contributed by atoms with Gasteiger partial charge in [-0.15, -0.1) is 0 Å². The van der Waals surface area contributed by atoms with E-state index in [0.717, 1.165) is 11.0 Å². The number of amides is 1. The molecule has 116 valence electrons. The number of hydrogen-bond acceptors (Lipinski definition) is 3. The first-order valence-corrected chi connectivity index (χ1v) is 8.09. The molecule has 1 aliphatic heterocycles. The van der Waals surface area contributed by atoms with Crippen LogP contribution >= 0.6 is 15.9 Å². The molecule has 2 unspecified atom stereocenters. The van der Waals surface area contributed by atoms with Gasteiger partial charge in [0.2, 0.25) is 5.91 Å². The molecule has 0 aliphatic carbocycles. The first-order chi connectivity index (χ1) is 9.94. The van der Waals surface area contributed by atoms with E-state index in [1.165, 1.54) is 5.56 Å². The molecule has 1 heterocycles. The van der Waals surface area contributed by atoms with Crippen molar-refractivity contribution < 1.29 is 9.53 Å². The summed E-state index contributed by atoms with van der Waals surface area (Å²) >= 11 is 3.43. The summed E-state index contributed by atoms with van der Waals surface area (Å²) in [5, 5.41) is 0. The number of carbonyl (C=O) groups excluding carboxylic acids is 1. The SMILES string of the molecule is CC1CN(C(=O)CN(C)Cc2ccc(Br)cc2)CC(C)O1. The zero-order chi connectivity index (χ0) is 15.4. The molecule has 1 aliphatic rings. The Morgan fingerprint density at radius 1 is 1.29 bits per heavy atom. The molecule has 1 aromatic carbocycles. The molecule has 2 rings (SSSR count). The second-order valence-electron chi connectivity index (χ2n) is 5.85. The predicted octanol–water partition coefficient (Wildman–Crippen LogP) is 2.52. The van der Waals surface area contributed by atoms with Crippen LogP contribution in [0.2, 0.25) is 0 Å². The van der Waals surface area contributed by atoms with E-state index < -0.39 is 0 Å². The van der Waals surface area contributed by atoms with Crippen molar-refractivity contribution in [3.63, 3.8) is 0 Å². The zero-order valence-electron chi connectivity index (χ0n) is 12.9. The number of rotatable bonds is 4. The molecule has 0 N–H and O–H groups in total. The third-order valence-corrected chi connectivity index (χ3v) is 4.07. The van der Waals surface area contributed by atoms with Gasteiger partial charge in [-0.1, -0.05) is 28.1 Å². The summed E-state index contributed by atoms with van der Waals surface area (Å²) < 4.78 is 6.74. The number of halogens is 1. The predicted molar refractivity (Wildman–Crippen MR) is 87.1 cm³/mol. The minimum Gasteiger partial charge on any atom is -0.372 e. The Morgan fingerprint density at radius 2 is 1.86 bits per heavy atom. The van der Waals surface area contributed by atoms with Crippen molar-refractivity contribution in [3.05, 3.63) is 34.3 Å². The van der Waals surface area contributed by atoms with E-state index in [0.29, 0.717) is 19.6 Å². The molecule has 0 spiro atoms. The van der Waals surface area contributed by atoms with Crippen molar-refractivity contribution in [2.45, 2.75) is 32.6 Å². The second kappa shape index (κ2) is 7.38. The fraction of sp³-hybridized carbons (Fsp3) is 0.562. The van der Waals surface area contributed by atoms with E-state index in [4.69, 9.17) is 4.74 Å². The smallest absolute Gasteiger partial charge is 0.236 e. The van der Waals surface area contributed by atoms with Crippen LogP contribution in [0, 0.1) is 0 Å². The van der Waals surface area contributed by atoms with Crippen LogP contribution < -0.4 is 0 Å². The minimum atomic E-state index is 0.120. The van der Waals surface area contributed by atoms with Crippen molar-refractivity contribution in [1.82, 2.24) is 9.80 Å². The summed E-state index contributed by atoms with van der Waals surface area (Å²) in [6, 6.07) is 8.19. The van der Waals surface area contributed by atoms with E-state index in [1.807, 2.05) is 37.9 Å². The summed E-state index contributed by atoms with van der Waals surface area (Å²) in [6.45, 7) is 6.62. The van der Waals surface area contributed by atoms with Gasteiger partial charge in [0.05, 0.1) is 18.8 Å². The largest absolute Gasteiger partial charge is 0.372 e. The molecule has 1 aromatic rings. The molecule has 0 aromatic heterocycles. The normalized spacial score (nSPS) is 22.6. The molecule has 5 heteroatoms. The van der Waals surface area contributed by atoms with Gasteiger partial charge in [0, 0.05) is 24.1 Å². The Labute approximate surface area is 135 Å². The van der Waals surface area contributed by atoms with Gasteiger partial charge in [-0.2, -0.15) is 0 Å². The Hall–Kier alpha value is -0.910. The van der Waals surface area contributed by atoms with Gasteiger partial charge in [0.15, 0.2) is 0 Å². The third-order valence-electron chi connectivity index (χ3n) is 3.54. The monoisotopic (exact) mass is 354 g/mol. The lowest BCUT2D eigenvalue weighted by Crippen LogP contribution is -2.50. The van der Waals surface area contributed by atoms with Crippen molar-refractivity contribution in [3.8, 4) is 0 Å². The number of ether oxygens (including phenoxy) is 1. The Kier molecular flexibility index (Phi) is 5.79. The standard InChI is InChI=1S/C16H23BrN2O2/c1-12-8-19(9-13(2)21-12)16(20)11-18(3)10-14-4-6-15(17)7-5-14/h4-7,12-13H,8-11H2,1-3H3. The van der Waals surface area contributed by atoms with E-state index in [1.54, 1.807) is 0 Å². The van der Waals surface area contributed by atoms with Crippen LogP contribution in [0.5, 0.6) is 0 Å². The third kappa shape index (κ3) is 5.09. The second-order valence-corrected chi connectivity index (χ2v) is 6.77. The fourth-order valence-electron chi connectivity index (χ4n) is 2.67. The Bertz CT molecular complexity index is 468. The van der Waals surface area contributed by atoms with Gasteiger partial charge in [-0.05, 0) is 38.6 Å². The minimum absolute atomic E-state index is 0.120. The fourth-order valence-corrected chi connectivity index (χ4v) is 2.93. The van der Waals surface area contributed by atoms with Crippen LogP contribution in [0.1, 0.15) is 19.4 Å². The van der Waals surface area contributed by atoms with Crippen LogP contribution in [0.4, 0.5) is 0 Å². The summed E-state index contributed by atoms with van der Waals surface area (Å²) in [5.74, 6) is 0.177. The number of morpholine rings is 1. The average Bonchev–Trinajstić information content (AvgIpc) is 2.40. The highest BCUT2D eigenvalue weighted by Crippen LogP contribution is 2.13. The van der Waals surface area contributed by atoms with Crippen molar-refractivity contribution in [1.29, 1.82) is 0 Å². The molecule has 4 nitrogen and oxygen atoms in total. The number of nitrogens with zero attached hydrogens (tertiary/aromatic N) is 2. The number of likely N-dealkylation sites (N-methyl/N-ethyl adjacent to an activating group) is 1. The summed E-state index contributed by atoms with van der Waals surface area (Å²) in [7, 11) is 1.98. The highest BCUT2D eigenvalue weighted by molar-refractivity contribution is 9.10. The molecule has 21 heavy (non-hydrogen) atoms. The van der Waals surface area contributed by atoms with Crippen molar-refractivity contribution in [2.75, 3.05) is 26.7 Å². The number of carbonyl (C=O) groups is 1. The molecule has 1 fully saturated rings. The first kappa shape index (κ1) is 16.5. The number of hydrogen-bond donors (Lipinski definition) is 0. The van der Waals surface area contributed by atoms with E-state index in [2.05, 4.69) is 33.0 Å². The van der Waals surface area contributed by atoms with Gasteiger partial charge in [0.25, 0.3) is 0 Å². The van der Waals surface area contributed by atoms with E-state index >= 15 is 0 Å². The first-order valence-electron chi connectivity index (χ1n) is 7.30. The number of benzene rings is 1. The van der Waals surface area contributed by atoms with E-state index in [9.17, 15) is 4.79 Å². The lowest BCUT2D eigenvalue weighted by Gasteiger charge is -2.36. The molecule has 1 amide bonds.